The molecular weight excluding hydrogens is 346 g/mol. The van der Waals surface area contributed by atoms with Crippen molar-refractivity contribution in [3.05, 3.63) is 76.9 Å². The average Bonchev–Trinajstić information content (AvgIpc) is 2.72. The van der Waals surface area contributed by atoms with Crippen LogP contribution in [-0.2, 0) is 9.53 Å². The molecule has 0 saturated carbocycles. The number of carbonyl (C=O) groups excluding carboxylic acids is 1. The summed E-state index contributed by atoms with van der Waals surface area (Å²) in [5.41, 5.74) is 6.83. The lowest BCUT2D eigenvalue weighted by Gasteiger charge is -2.30. The zero-order valence-corrected chi connectivity index (χ0v) is 17.1. The Labute approximate surface area is 169 Å². The fourth-order valence-electron chi connectivity index (χ4n) is 3.88. The molecule has 0 N–H and O–H groups in total. The van der Waals surface area contributed by atoms with Crippen molar-refractivity contribution in [2.45, 2.75) is 39.5 Å². The zero-order valence-electron chi connectivity index (χ0n) is 17.1. The van der Waals surface area contributed by atoms with Crippen molar-refractivity contribution >= 4 is 11.5 Å². The third kappa shape index (κ3) is 5.56. The quantitative estimate of drug-likeness (QED) is 0.618. The van der Waals surface area contributed by atoms with Gasteiger partial charge in [-0.15, -0.1) is 0 Å². The molecular formula is C25H31NO2. The Kier molecular flexibility index (Phi) is 7.44. The van der Waals surface area contributed by atoms with Crippen molar-refractivity contribution in [2.24, 2.45) is 0 Å². The number of piperidine rings is 1. The highest BCUT2D eigenvalue weighted by Crippen LogP contribution is 2.32. The molecule has 0 bridgehead atoms. The van der Waals surface area contributed by atoms with Gasteiger partial charge in [0.2, 0.25) is 0 Å². The number of hydrogen-bond acceptors (Lipinski definition) is 3. The van der Waals surface area contributed by atoms with E-state index >= 15 is 0 Å². The minimum absolute atomic E-state index is 0.0779. The smallest absolute Gasteiger partial charge is 0.305 e. The minimum Gasteiger partial charge on any atom is -0.466 e. The number of aryl methyl sites for hydroxylation is 1. The molecule has 1 heterocycles. The van der Waals surface area contributed by atoms with E-state index in [1.54, 1.807) is 0 Å². The second kappa shape index (κ2) is 10.2. The van der Waals surface area contributed by atoms with Crippen molar-refractivity contribution < 1.29 is 9.53 Å². The molecule has 3 heteroatoms. The van der Waals surface area contributed by atoms with Crippen LogP contribution in [0.4, 0.5) is 0 Å². The molecule has 0 aromatic heterocycles. The first kappa shape index (κ1) is 20.3. The largest absolute Gasteiger partial charge is 0.466 e. The van der Waals surface area contributed by atoms with E-state index in [2.05, 4.69) is 66.4 Å². The molecule has 0 atom stereocenters. The molecule has 3 rings (SSSR count). The molecule has 0 unspecified atom stereocenters. The molecule has 0 aliphatic carbocycles. The van der Waals surface area contributed by atoms with Crippen LogP contribution in [0.15, 0.2) is 60.2 Å². The number of hydrogen-bond donors (Lipinski definition) is 0. The van der Waals surface area contributed by atoms with E-state index in [1.165, 1.54) is 27.8 Å². The van der Waals surface area contributed by atoms with Crippen molar-refractivity contribution in [2.75, 3.05) is 26.2 Å². The number of benzene rings is 2. The highest BCUT2D eigenvalue weighted by atomic mass is 16.5. The first-order valence-electron chi connectivity index (χ1n) is 10.4. The fraction of sp³-hybridized carbons (Fsp3) is 0.400. The molecule has 3 nitrogen and oxygen atoms in total. The van der Waals surface area contributed by atoms with Gasteiger partial charge >= 0.3 is 5.97 Å². The summed E-state index contributed by atoms with van der Waals surface area (Å²) in [6, 6.07) is 19.6. The van der Waals surface area contributed by atoms with Crippen LogP contribution in [0.2, 0.25) is 0 Å². The third-order valence-electron chi connectivity index (χ3n) is 5.38. The summed E-state index contributed by atoms with van der Waals surface area (Å²) in [4.78, 5) is 14.0. The number of likely N-dealkylation sites (tertiary alicyclic amines) is 1. The van der Waals surface area contributed by atoms with Crippen molar-refractivity contribution in [3.8, 4) is 0 Å². The van der Waals surface area contributed by atoms with Crippen LogP contribution in [-0.4, -0.2) is 37.1 Å². The molecule has 2 aromatic carbocycles. The number of ether oxygens (including phenoxy) is 1. The third-order valence-corrected chi connectivity index (χ3v) is 5.38. The average molecular weight is 378 g/mol. The number of carbonyl (C=O) groups is 1. The Balaban J connectivity index is 1.69. The SMILES string of the molecule is CCOC(=O)CCCN1CCC(=C(c2ccccc2)c2ccc(C)cc2)CC1. The van der Waals surface area contributed by atoms with Gasteiger partial charge in [-0.05, 0) is 56.4 Å². The summed E-state index contributed by atoms with van der Waals surface area (Å²) in [7, 11) is 0. The van der Waals surface area contributed by atoms with E-state index in [9.17, 15) is 4.79 Å². The van der Waals surface area contributed by atoms with Crippen LogP contribution in [0.5, 0.6) is 0 Å². The van der Waals surface area contributed by atoms with E-state index < -0.39 is 0 Å². The standard InChI is InChI=1S/C25H31NO2/c1-3-28-24(27)10-7-17-26-18-15-23(16-19-26)25(21-8-5-4-6-9-21)22-13-11-20(2)12-14-22/h4-6,8-9,11-14H,3,7,10,15-19H2,1-2H3. The van der Waals surface area contributed by atoms with E-state index in [-0.39, 0.29) is 5.97 Å². The lowest BCUT2D eigenvalue weighted by atomic mass is 9.88. The molecule has 1 saturated heterocycles. The molecule has 1 aliphatic heterocycles. The van der Waals surface area contributed by atoms with Gasteiger partial charge in [0.1, 0.15) is 0 Å². The fourth-order valence-corrected chi connectivity index (χ4v) is 3.88. The van der Waals surface area contributed by atoms with Gasteiger partial charge in [0.15, 0.2) is 0 Å². The van der Waals surface area contributed by atoms with Crippen LogP contribution in [0.3, 0.4) is 0 Å². The minimum atomic E-state index is -0.0779. The van der Waals surface area contributed by atoms with E-state index in [1.807, 2.05) is 6.92 Å². The molecule has 0 radical (unpaired) electrons. The Bertz CT molecular complexity index is 783. The van der Waals surface area contributed by atoms with Gasteiger partial charge in [-0.1, -0.05) is 65.7 Å². The maximum atomic E-state index is 11.5. The molecule has 148 valence electrons. The summed E-state index contributed by atoms with van der Waals surface area (Å²) in [5, 5.41) is 0. The van der Waals surface area contributed by atoms with Gasteiger partial charge in [0.25, 0.3) is 0 Å². The van der Waals surface area contributed by atoms with Crippen molar-refractivity contribution in [1.29, 1.82) is 0 Å². The first-order valence-corrected chi connectivity index (χ1v) is 10.4. The van der Waals surface area contributed by atoms with Crippen LogP contribution in [0.1, 0.15) is 49.3 Å². The van der Waals surface area contributed by atoms with Crippen molar-refractivity contribution in [1.82, 2.24) is 4.90 Å². The maximum Gasteiger partial charge on any atom is 0.305 e. The summed E-state index contributed by atoms with van der Waals surface area (Å²) in [5.74, 6) is -0.0779. The second-order valence-electron chi connectivity index (χ2n) is 7.46. The van der Waals surface area contributed by atoms with Gasteiger partial charge in [-0.3, -0.25) is 4.79 Å². The predicted octanol–water partition coefficient (Wildman–Crippen LogP) is 5.24. The number of esters is 1. The van der Waals surface area contributed by atoms with Gasteiger partial charge in [-0.25, -0.2) is 0 Å². The Morgan fingerprint density at radius 3 is 2.25 bits per heavy atom. The Morgan fingerprint density at radius 1 is 0.964 bits per heavy atom. The molecule has 2 aromatic rings. The summed E-state index contributed by atoms with van der Waals surface area (Å²) >= 11 is 0. The second-order valence-corrected chi connectivity index (χ2v) is 7.46. The van der Waals surface area contributed by atoms with Gasteiger partial charge in [0, 0.05) is 19.5 Å². The van der Waals surface area contributed by atoms with Crippen LogP contribution in [0.25, 0.3) is 5.57 Å². The maximum absolute atomic E-state index is 11.5. The lowest BCUT2D eigenvalue weighted by Crippen LogP contribution is -2.32. The van der Waals surface area contributed by atoms with E-state index in [0.29, 0.717) is 13.0 Å². The molecule has 1 fully saturated rings. The monoisotopic (exact) mass is 377 g/mol. The van der Waals surface area contributed by atoms with Crippen molar-refractivity contribution in [3.63, 3.8) is 0 Å². The Morgan fingerprint density at radius 2 is 1.61 bits per heavy atom. The van der Waals surface area contributed by atoms with Gasteiger partial charge in [0.05, 0.1) is 6.61 Å². The highest BCUT2D eigenvalue weighted by Gasteiger charge is 2.19. The van der Waals surface area contributed by atoms with E-state index in [0.717, 1.165) is 38.9 Å². The number of nitrogens with zero attached hydrogens (tertiary/aromatic N) is 1. The summed E-state index contributed by atoms with van der Waals surface area (Å²) < 4.78 is 5.02. The molecule has 0 spiro atoms. The van der Waals surface area contributed by atoms with Crippen LogP contribution < -0.4 is 0 Å². The summed E-state index contributed by atoms with van der Waals surface area (Å²) in [6.45, 7) is 7.54. The Hall–Kier alpha value is -2.39. The summed E-state index contributed by atoms with van der Waals surface area (Å²) in [6.07, 6.45) is 3.56. The van der Waals surface area contributed by atoms with Crippen LogP contribution in [0, 0.1) is 6.92 Å². The normalized spacial score (nSPS) is 14.7. The topological polar surface area (TPSA) is 29.5 Å². The highest BCUT2D eigenvalue weighted by molar-refractivity contribution is 5.82. The lowest BCUT2D eigenvalue weighted by molar-refractivity contribution is -0.143. The van der Waals surface area contributed by atoms with Gasteiger partial charge < -0.3 is 9.64 Å². The molecule has 1 aliphatic rings. The zero-order chi connectivity index (χ0) is 19.8. The van der Waals surface area contributed by atoms with E-state index in [4.69, 9.17) is 4.74 Å². The first-order chi connectivity index (χ1) is 13.7. The number of rotatable bonds is 7. The van der Waals surface area contributed by atoms with Crippen LogP contribution >= 0.6 is 0 Å². The predicted molar refractivity (Wildman–Crippen MR) is 115 cm³/mol. The molecule has 28 heavy (non-hydrogen) atoms. The molecule has 0 amide bonds. The van der Waals surface area contributed by atoms with Gasteiger partial charge in [-0.2, -0.15) is 0 Å².